The Morgan fingerprint density at radius 2 is 2.47 bits per heavy atom. The van der Waals surface area contributed by atoms with Crippen LogP contribution in [0.5, 0.6) is 0 Å². The minimum absolute atomic E-state index is 0.0458. The standard InChI is InChI=1S/C10H17N5O2/c1-14-9(8(11)5-12-14)15-4-2-3-7(6-15)13-10(16)17/h5,7,13H,2-4,6,11H2,1H3,(H,16,17)/t7-/m1/s1. The number of aromatic nitrogens is 2. The number of piperidine rings is 1. The first-order valence-corrected chi connectivity index (χ1v) is 5.60. The summed E-state index contributed by atoms with van der Waals surface area (Å²) in [6.07, 6.45) is 2.44. The summed E-state index contributed by atoms with van der Waals surface area (Å²) in [4.78, 5) is 12.7. The molecule has 1 aliphatic rings. The van der Waals surface area contributed by atoms with Crippen molar-refractivity contribution in [1.82, 2.24) is 15.1 Å². The Balaban J connectivity index is 2.09. The molecule has 0 aliphatic carbocycles. The molecule has 7 heteroatoms. The molecule has 17 heavy (non-hydrogen) atoms. The molecule has 0 aromatic carbocycles. The largest absolute Gasteiger partial charge is 0.465 e. The molecule has 2 heterocycles. The van der Waals surface area contributed by atoms with Crippen molar-refractivity contribution in [2.75, 3.05) is 23.7 Å². The predicted molar refractivity (Wildman–Crippen MR) is 64.0 cm³/mol. The molecule has 0 spiro atoms. The van der Waals surface area contributed by atoms with Gasteiger partial charge in [0.25, 0.3) is 0 Å². The van der Waals surface area contributed by atoms with E-state index in [-0.39, 0.29) is 6.04 Å². The molecule has 0 saturated carbocycles. The molecule has 0 unspecified atom stereocenters. The van der Waals surface area contributed by atoms with Crippen molar-refractivity contribution < 1.29 is 9.90 Å². The molecule has 1 aromatic rings. The first kappa shape index (κ1) is 11.6. The van der Waals surface area contributed by atoms with Crippen molar-refractivity contribution in [2.45, 2.75) is 18.9 Å². The second-order valence-corrected chi connectivity index (χ2v) is 4.28. The van der Waals surface area contributed by atoms with Crippen LogP contribution in [-0.4, -0.2) is 40.1 Å². The van der Waals surface area contributed by atoms with E-state index in [1.807, 2.05) is 7.05 Å². The maximum atomic E-state index is 10.6. The van der Waals surface area contributed by atoms with Crippen molar-refractivity contribution in [2.24, 2.45) is 7.05 Å². The van der Waals surface area contributed by atoms with Crippen molar-refractivity contribution >= 4 is 17.6 Å². The molecule has 7 nitrogen and oxygen atoms in total. The maximum absolute atomic E-state index is 10.6. The molecule has 4 N–H and O–H groups in total. The number of nitrogen functional groups attached to an aromatic ring is 1. The summed E-state index contributed by atoms with van der Waals surface area (Å²) >= 11 is 0. The second kappa shape index (κ2) is 4.52. The van der Waals surface area contributed by atoms with Crippen molar-refractivity contribution in [3.8, 4) is 0 Å². The van der Waals surface area contributed by atoms with E-state index in [4.69, 9.17) is 10.8 Å². The minimum atomic E-state index is -0.977. The number of aryl methyl sites for hydroxylation is 1. The Hall–Kier alpha value is -1.92. The zero-order valence-electron chi connectivity index (χ0n) is 9.76. The highest BCUT2D eigenvalue weighted by molar-refractivity contribution is 5.66. The van der Waals surface area contributed by atoms with E-state index in [0.717, 1.165) is 25.2 Å². The average Bonchev–Trinajstić information content (AvgIpc) is 2.58. The molecular formula is C10H17N5O2. The third kappa shape index (κ3) is 2.43. The van der Waals surface area contributed by atoms with E-state index in [9.17, 15) is 4.79 Å². The van der Waals surface area contributed by atoms with E-state index in [1.54, 1.807) is 10.9 Å². The number of hydrogen-bond acceptors (Lipinski definition) is 4. The Kier molecular flexibility index (Phi) is 3.08. The van der Waals surface area contributed by atoms with Gasteiger partial charge in [0.15, 0.2) is 0 Å². The van der Waals surface area contributed by atoms with E-state index < -0.39 is 6.09 Å². The van der Waals surface area contributed by atoms with E-state index in [2.05, 4.69) is 15.3 Å². The number of nitrogens with zero attached hydrogens (tertiary/aromatic N) is 3. The molecule has 0 radical (unpaired) electrons. The van der Waals surface area contributed by atoms with Gasteiger partial charge in [0.05, 0.1) is 11.9 Å². The Bertz CT molecular complexity index is 397. The fraction of sp³-hybridized carbons (Fsp3) is 0.600. The number of hydrogen-bond donors (Lipinski definition) is 3. The van der Waals surface area contributed by atoms with Crippen molar-refractivity contribution in [3.63, 3.8) is 0 Å². The highest BCUT2D eigenvalue weighted by Gasteiger charge is 2.24. The Morgan fingerprint density at radius 1 is 1.71 bits per heavy atom. The number of amides is 1. The number of nitrogens with two attached hydrogens (primary N) is 1. The number of carboxylic acid groups (broad SMARTS) is 1. The smallest absolute Gasteiger partial charge is 0.404 e. The quantitative estimate of drug-likeness (QED) is 0.687. The monoisotopic (exact) mass is 239 g/mol. The van der Waals surface area contributed by atoms with Gasteiger partial charge in [-0.3, -0.25) is 4.68 Å². The van der Waals surface area contributed by atoms with Crippen LogP contribution < -0.4 is 16.0 Å². The fourth-order valence-electron chi connectivity index (χ4n) is 2.30. The summed E-state index contributed by atoms with van der Waals surface area (Å²) in [7, 11) is 1.83. The SMILES string of the molecule is Cn1ncc(N)c1N1CCC[C@@H](NC(=O)O)C1. The van der Waals surface area contributed by atoms with Crippen LogP contribution in [0.15, 0.2) is 6.20 Å². The molecule has 1 amide bonds. The van der Waals surface area contributed by atoms with E-state index >= 15 is 0 Å². The van der Waals surface area contributed by atoms with Gasteiger partial charge in [-0.25, -0.2) is 4.79 Å². The lowest BCUT2D eigenvalue weighted by Crippen LogP contribution is -2.48. The lowest BCUT2D eigenvalue weighted by Gasteiger charge is -2.34. The highest BCUT2D eigenvalue weighted by Crippen LogP contribution is 2.25. The van der Waals surface area contributed by atoms with Crippen LogP contribution in [0.3, 0.4) is 0 Å². The van der Waals surface area contributed by atoms with Gasteiger partial charge in [0, 0.05) is 26.2 Å². The fourth-order valence-corrected chi connectivity index (χ4v) is 2.30. The summed E-state index contributed by atoms with van der Waals surface area (Å²) in [6, 6.07) is -0.0458. The van der Waals surface area contributed by atoms with E-state index in [1.165, 1.54) is 0 Å². The van der Waals surface area contributed by atoms with Gasteiger partial charge in [-0.1, -0.05) is 0 Å². The Labute approximate surface area is 99.2 Å². The molecule has 1 saturated heterocycles. The normalized spacial score (nSPS) is 20.3. The van der Waals surface area contributed by atoms with Gasteiger partial charge < -0.3 is 21.1 Å². The predicted octanol–water partition coefficient (Wildman–Crippen LogP) is 0.239. The van der Waals surface area contributed by atoms with E-state index in [0.29, 0.717) is 12.2 Å². The van der Waals surface area contributed by atoms with Crippen LogP contribution in [0.4, 0.5) is 16.3 Å². The van der Waals surface area contributed by atoms with Crippen molar-refractivity contribution in [3.05, 3.63) is 6.20 Å². The average molecular weight is 239 g/mol. The topological polar surface area (TPSA) is 96.4 Å². The number of nitrogens with one attached hydrogen (secondary N) is 1. The van der Waals surface area contributed by atoms with Gasteiger partial charge in [-0.05, 0) is 12.8 Å². The summed E-state index contributed by atoms with van der Waals surface area (Å²) in [6.45, 7) is 1.51. The minimum Gasteiger partial charge on any atom is -0.465 e. The maximum Gasteiger partial charge on any atom is 0.404 e. The first-order valence-electron chi connectivity index (χ1n) is 5.60. The van der Waals surface area contributed by atoms with Gasteiger partial charge >= 0.3 is 6.09 Å². The third-order valence-corrected chi connectivity index (χ3v) is 2.98. The molecule has 1 aliphatic heterocycles. The molecule has 0 bridgehead atoms. The summed E-state index contributed by atoms with van der Waals surface area (Å²) < 4.78 is 1.72. The lowest BCUT2D eigenvalue weighted by molar-refractivity contribution is 0.188. The van der Waals surface area contributed by atoms with Crippen LogP contribution in [0.1, 0.15) is 12.8 Å². The summed E-state index contributed by atoms with van der Waals surface area (Å²) in [5.74, 6) is 0.863. The summed E-state index contributed by atoms with van der Waals surface area (Å²) in [5.41, 5.74) is 6.49. The van der Waals surface area contributed by atoms with Crippen LogP contribution in [0.2, 0.25) is 0 Å². The van der Waals surface area contributed by atoms with Crippen LogP contribution >= 0.6 is 0 Å². The number of carbonyl (C=O) groups is 1. The summed E-state index contributed by atoms with van der Waals surface area (Å²) in [5, 5.41) is 15.3. The first-order chi connectivity index (χ1) is 8.08. The van der Waals surface area contributed by atoms with Crippen LogP contribution in [0.25, 0.3) is 0 Å². The Morgan fingerprint density at radius 3 is 3.06 bits per heavy atom. The number of rotatable bonds is 2. The van der Waals surface area contributed by atoms with Gasteiger partial charge in [-0.15, -0.1) is 0 Å². The molecule has 1 fully saturated rings. The molecule has 2 rings (SSSR count). The zero-order valence-corrected chi connectivity index (χ0v) is 9.76. The second-order valence-electron chi connectivity index (χ2n) is 4.28. The molecule has 94 valence electrons. The van der Waals surface area contributed by atoms with Crippen molar-refractivity contribution in [1.29, 1.82) is 0 Å². The third-order valence-electron chi connectivity index (χ3n) is 2.98. The van der Waals surface area contributed by atoms with Gasteiger partial charge in [-0.2, -0.15) is 5.10 Å². The highest BCUT2D eigenvalue weighted by atomic mass is 16.4. The van der Waals surface area contributed by atoms with Gasteiger partial charge in [0.2, 0.25) is 0 Å². The van der Waals surface area contributed by atoms with Gasteiger partial charge in [0.1, 0.15) is 5.82 Å². The lowest BCUT2D eigenvalue weighted by atomic mass is 10.1. The van der Waals surface area contributed by atoms with Crippen LogP contribution in [-0.2, 0) is 7.05 Å². The van der Waals surface area contributed by atoms with Crippen LogP contribution in [0, 0.1) is 0 Å². The zero-order chi connectivity index (χ0) is 12.4. The number of anilines is 2. The molecule has 1 atom stereocenters. The molecule has 1 aromatic heterocycles. The molecular weight excluding hydrogens is 222 g/mol.